The number of aryl methyl sites for hydroxylation is 1. The van der Waals surface area contributed by atoms with Crippen LogP contribution in [0.15, 0.2) is 53.4 Å². The highest BCUT2D eigenvalue weighted by molar-refractivity contribution is 7.89. The molecule has 3 N–H and O–H groups in total. The Balaban J connectivity index is 2.22. The Morgan fingerprint density at radius 2 is 1.70 bits per heavy atom. The molecule has 0 aliphatic rings. The number of hydrogen-bond acceptors (Lipinski definition) is 6. The molecule has 0 saturated carbocycles. The van der Waals surface area contributed by atoms with Crippen LogP contribution in [-0.2, 0) is 26.0 Å². The topological polar surface area (TPSA) is 139 Å². The zero-order valence-corrected chi connectivity index (χ0v) is 17.2. The molecule has 0 bridgehead atoms. The minimum absolute atomic E-state index is 0.186. The van der Waals surface area contributed by atoms with Crippen molar-refractivity contribution < 1.29 is 32.6 Å². The van der Waals surface area contributed by atoms with Gasteiger partial charge >= 0.3 is 5.97 Å². The number of aliphatic carboxylic acids is 1. The SMILES string of the molecule is CCc1ccccc1C(=O)NC(=O)[C@H](CC(=O)O)NS(=O)(=O)c1ccc(OC)cc1. The van der Waals surface area contributed by atoms with Gasteiger partial charge in [-0.3, -0.25) is 19.7 Å². The monoisotopic (exact) mass is 434 g/mol. The lowest BCUT2D eigenvalue weighted by atomic mass is 10.0. The predicted molar refractivity (Wildman–Crippen MR) is 108 cm³/mol. The van der Waals surface area contributed by atoms with Crippen LogP contribution in [0.5, 0.6) is 5.75 Å². The first-order chi connectivity index (χ1) is 14.2. The van der Waals surface area contributed by atoms with Gasteiger partial charge in [-0.25, -0.2) is 8.42 Å². The van der Waals surface area contributed by atoms with Gasteiger partial charge in [0, 0.05) is 5.56 Å². The number of methoxy groups -OCH3 is 1. The zero-order valence-electron chi connectivity index (χ0n) is 16.4. The molecule has 0 aliphatic carbocycles. The summed E-state index contributed by atoms with van der Waals surface area (Å²) in [4.78, 5) is 36.0. The van der Waals surface area contributed by atoms with Crippen LogP contribution in [0.4, 0.5) is 0 Å². The van der Waals surface area contributed by atoms with Crippen LogP contribution in [0, 0.1) is 0 Å². The van der Waals surface area contributed by atoms with Gasteiger partial charge in [-0.1, -0.05) is 25.1 Å². The van der Waals surface area contributed by atoms with Crippen LogP contribution in [0.25, 0.3) is 0 Å². The Bertz CT molecular complexity index is 1030. The summed E-state index contributed by atoms with van der Waals surface area (Å²) in [5, 5.41) is 11.2. The lowest BCUT2D eigenvalue weighted by Crippen LogP contribution is -2.49. The second kappa shape index (κ2) is 9.99. The summed E-state index contributed by atoms with van der Waals surface area (Å²) >= 11 is 0. The molecule has 2 rings (SSSR count). The number of carbonyl (C=O) groups is 3. The minimum Gasteiger partial charge on any atom is -0.497 e. The van der Waals surface area contributed by atoms with Crippen LogP contribution in [0.2, 0.25) is 0 Å². The fourth-order valence-corrected chi connectivity index (χ4v) is 3.88. The molecule has 0 fully saturated rings. The third kappa shape index (κ3) is 5.88. The van der Waals surface area contributed by atoms with Gasteiger partial charge in [-0.05, 0) is 42.3 Å². The van der Waals surface area contributed by atoms with Crippen molar-refractivity contribution in [3.63, 3.8) is 0 Å². The maximum atomic E-state index is 12.6. The number of carboxylic acid groups (broad SMARTS) is 1. The molecule has 1 atom stereocenters. The van der Waals surface area contributed by atoms with E-state index in [0.29, 0.717) is 17.7 Å². The molecule has 9 nitrogen and oxygen atoms in total. The fourth-order valence-electron chi connectivity index (χ4n) is 2.69. The van der Waals surface area contributed by atoms with E-state index in [-0.39, 0.29) is 10.5 Å². The van der Waals surface area contributed by atoms with Crippen molar-refractivity contribution in [1.82, 2.24) is 10.0 Å². The highest BCUT2D eigenvalue weighted by Gasteiger charge is 2.29. The first-order valence-electron chi connectivity index (χ1n) is 8.99. The zero-order chi connectivity index (χ0) is 22.3. The number of carboxylic acids is 1. The van der Waals surface area contributed by atoms with E-state index in [0.717, 1.165) is 0 Å². The standard InChI is InChI=1S/C20H22N2O7S/c1-3-13-6-4-5-7-16(13)19(25)21-20(26)17(12-18(23)24)22-30(27,28)15-10-8-14(29-2)9-11-15/h4-11,17,22H,3,12H2,1-2H3,(H,23,24)(H,21,25,26)/t17-/m0/s1. The predicted octanol–water partition coefficient (Wildman–Crippen LogP) is 1.34. The molecule has 2 aromatic carbocycles. The van der Waals surface area contributed by atoms with Crippen molar-refractivity contribution in [2.24, 2.45) is 0 Å². The molecule has 30 heavy (non-hydrogen) atoms. The Morgan fingerprint density at radius 3 is 2.27 bits per heavy atom. The van der Waals surface area contributed by atoms with Crippen molar-refractivity contribution in [2.45, 2.75) is 30.7 Å². The highest BCUT2D eigenvalue weighted by atomic mass is 32.2. The Labute approximate surface area is 174 Å². The quantitative estimate of drug-likeness (QED) is 0.541. The normalized spacial score (nSPS) is 12.1. The molecule has 0 spiro atoms. The number of nitrogens with one attached hydrogen (secondary N) is 2. The third-order valence-corrected chi connectivity index (χ3v) is 5.73. The van der Waals surface area contributed by atoms with E-state index in [2.05, 4.69) is 5.32 Å². The Morgan fingerprint density at radius 1 is 1.07 bits per heavy atom. The van der Waals surface area contributed by atoms with E-state index in [1.165, 1.54) is 37.4 Å². The van der Waals surface area contributed by atoms with Crippen molar-refractivity contribution in [3.05, 3.63) is 59.7 Å². The summed E-state index contributed by atoms with van der Waals surface area (Å²) in [5.74, 6) is -2.79. The summed E-state index contributed by atoms with van der Waals surface area (Å²) in [7, 11) is -2.81. The number of amides is 2. The molecule has 0 aromatic heterocycles. The number of carbonyl (C=O) groups excluding carboxylic acids is 2. The Kier molecular flexibility index (Phi) is 7.67. The van der Waals surface area contributed by atoms with E-state index in [1.807, 2.05) is 11.6 Å². The van der Waals surface area contributed by atoms with Crippen molar-refractivity contribution in [1.29, 1.82) is 0 Å². The van der Waals surface area contributed by atoms with Gasteiger partial charge in [0.2, 0.25) is 15.9 Å². The summed E-state index contributed by atoms with van der Waals surface area (Å²) in [6.07, 6.45) is -0.301. The van der Waals surface area contributed by atoms with Gasteiger partial charge in [0.1, 0.15) is 11.8 Å². The number of rotatable bonds is 9. The fraction of sp³-hybridized carbons (Fsp3) is 0.250. The van der Waals surface area contributed by atoms with Gasteiger partial charge in [-0.15, -0.1) is 0 Å². The molecular formula is C20H22N2O7S. The largest absolute Gasteiger partial charge is 0.497 e. The lowest BCUT2D eigenvalue weighted by molar-refractivity contribution is -0.139. The summed E-state index contributed by atoms with van der Waals surface area (Å²) in [6.45, 7) is 1.84. The van der Waals surface area contributed by atoms with Crippen LogP contribution >= 0.6 is 0 Å². The van der Waals surface area contributed by atoms with Crippen LogP contribution in [0.1, 0.15) is 29.3 Å². The van der Waals surface area contributed by atoms with Gasteiger partial charge in [0.15, 0.2) is 0 Å². The molecule has 0 saturated heterocycles. The van der Waals surface area contributed by atoms with E-state index >= 15 is 0 Å². The number of benzene rings is 2. The number of hydrogen-bond donors (Lipinski definition) is 3. The van der Waals surface area contributed by atoms with Crippen molar-refractivity contribution >= 4 is 27.8 Å². The molecule has 2 amide bonds. The van der Waals surface area contributed by atoms with E-state index < -0.39 is 40.3 Å². The van der Waals surface area contributed by atoms with Crippen molar-refractivity contribution in [3.8, 4) is 5.75 Å². The van der Waals surface area contributed by atoms with Crippen LogP contribution in [-0.4, -0.2) is 44.5 Å². The lowest BCUT2D eigenvalue weighted by Gasteiger charge is -2.17. The smallest absolute Gasteiger partial charge is 0.305 e. The van der Waals surface area contributed by atoms with E-state index in [4.69, 9.17) is 9.84 Å². The van der Waals surface area contributed by atoms with Gasteiger partial charge < -0.3 is 9.84 Å². The Hall–Kier alpha value is -3.24. The molecule has 2 aromatic rings. The molecule has 0 heterocycles. The average Bonchev–Trinajstić information content (AvgIpc) is 2.72. The van der Waals surface area contributed by atoms with E-state index in [9.17, 15) is 22.8 Å². The molecule has 0 unspecified atom stereocenters. The number of ether oxygens (including phenoxy) is 1. The number of sulfonamides is 1. The van der Waals surface area contributed by atoms with Gasteiger partial charge in [0.25, 0.3) is 5.91 Å². The molecule has 0 aliphatic heterocycles. The van der Waals surface area contributed by atoms with Gasteiger partial charge in [-0.2, -0.15) is 4.72 Å². The van der Waals surface area contributed by atoms with Crippen LogP contribution < -0.4 is 14.8 Å². The summed E-state index contributed by atoms with van der Waals surface area (Å²) < 4.78 is 32.2. The van der Waals surface area contributed by atoms with Gasteiger partial charge in [0.05, 0.1) is 18.4 Å². The van der Waals surface area contributed by atoms with Crippen LogP contribution in [0.3, 0.4) is 0 Å². The molecular weight excluding hydrogens is 412 g/mol. The summed E-state index contributed by atoms with van der Waals surface area (Å²) in [6, 6.07) is 10.2. The molecule has 10 heteroatoms. The molecule has 0 radical (unpaired) electrons. The maximum Gasteiger partial charge on any atom is 0.305 e. The summed E-state index contributed by atoms with van der Waals surface area (Å²) in [5.41, 5.74) is 0.942. The van der Waals surface area contributed by atoms with E-state index in [1.54, 1.807) is 18.2 Å². The van der Waals surface area contributed by atoms with Crippen molar-refractivity contribution in [2.75, 3.05) is 7.11 Å². The highest BCUT2D eigenvalue weighted by Crippen LogP contribution is 2.16. The second-order valence-corrected chi connectivity index (χ2v) is 7.99. The minimum atomic E-state index is -4.23. The second-order valence-electron chi connectivity index (χ2n) is 6.28. The average molecular weight is 434 g/mol. The maximum absolute atomic E-state index is 12.6. The first kappa shape index (κ1) is 23.0. The number of imide groups is 1. The molecule has 160 valence electrons. The third-order valence-electron chi connectivity index (χ3n) is 4.24. The first-order valence-corrected chi connectivity index (χ1v) is 10.5.